The van der Waals surface area contributed by atoms with E-state index >= 15 is 0 Å². The van der Waals surface area contributed by atoms with Gasteiger partial charge in [0, 0.05) is 0 Å². The van der Waals surface area contributed by atoms with Gasteiger partial charge in [0.15, 0.2) is 0 Å². The van der Waals surface area contributed by atoms with Gasteiger partial charge in [0.2, 0.25) is 0 Å². The molecule has 0 rings (SSSR count). The van der Waals surface area contributed by atoms with E-state index in [-0.39, 0.29) is 0 Å². The molecule has 0 aliphatic carbocycles. The van der Waals surface area contributed by atoms with Crippen molar-refractivity contribution in [3.63, 3.8) is 0 Å². The van der Waals surface area contributed by atoms with E-state index in [1.165, 1.54) is 38.5 Å². The minimum absolute atomic E-state index is 0.653. The number of hydrogen-bond acceptors (Lipinski definition) is 1. The van der Waals surface area contributed by atoms with E-state index in [1.807, 2.05) is 10.7 Å². The van der Waals surface area contributed by atoms with Crippen molar-refractivity contribution in [1.82, 2.24) is 0 Å². The molecular formula is C17H36OSeSn. The third-order valence-corrected chi connectivity index (χ3v) is 22.6. The predicted octanol–water partition coefficient (Wildman–Crippen LogP) is 5.66. The summed E-state index contributed by atoms with van der Waals surface area (Å²) in [5.74, 6) is 2.35. The Bertz CT molecular complexity index is 232. The first-order valence-corrected chi connectivity index (χ1v) is 18.6. The monoisotopic (exact) mass is 456 g/mol. The van der Waals surface area contributed by atoms with E-state index in [0.717, 1.165) is 6.61 Å². The molecule has 0 aliphatic rings. The first-order chi connectivity index (χ1) is 9.70. The number of methoxy groups -OCH3 is 1. The fraction of sp³-hybridized carbons (Fsp3) is 0.882. The van der Waals surface area contributed by atoms with Gasteiger partial charge in [0.05, 0.1) is 0 Å². The number of unbranched alkanes of at least 4 members (excludes halogenated alkanes) is 3. The predicted molar refractivity (Wildman–Crippen MR) is 96.5 cm³/mol. The van der Waals surface area contributed by atoms with Crippen molar-refractivity contribution < 1.29 is 4.74 Å². The summed E-state index contributed by atoms with van der Waals surface area (Å²) in [6.07, 6.45) is 8.40. The third kappa shape index (κ3) is 7.87. The Morgan fingerprint density at radius 1 is 0.950 bits per heavy atom. The van der Waals surface area contributed by atoms with Gasteiger partial charge in [-0.3, -0.25) is 0 Å². The Morgan fingerprint density at radius 2 is 1.40 bits per heavy atom. The maximum atomic E-state index is 5.60. The molecule has 0 aromatic rings. The minimum atomic E-state index is -2.15. The Labute approximate surface area is 138 Å². The molecule has 0 saturated carbocycles. The van der Waals surface area contributed by atoms with Crippen LogP contribution in [0.5, 0.6) is 0 Å². The molecule has 120 valence electrons. The molecular weight excluding hydrogens is 418 g/mol. The van der Waals surface area contributed by atoms with Gasteiger partial charge >= 0.3 is 139 Å². The van der Waals surface area contributed by atoms with Crippen LogP contribution in [0.2, 0.25) is 19.1 Å². The van der Waals surface area contributed by atoms with Crippen molar-refractivity contribution in [1.29, 1.82) is 0 Å². The zero-order valence-electron chi connectivity index (χ0n) is 14.5. The van der Waals surface area contributed by atoms with Crippen LogP contribution < -0.4 is 0 Å². The zero-order valence-corrected chi connectivity index (χ0v) is 19.0. The standard InChI is InChI=1S/C5H9OSe.3C4H9.Sn/c1-6-4-3-5-7-2;3*1-3-4-2;/h5H,4H2,1-2H3;3*1,3-4H2,2H3;. The summed E-state index contributed by atoms with van der Waals surface area (Å²) in [5, 5.41) is 0. The van der Waals surface area contributed by atoms with Gasteiger partial charge < -0.3 is 0 Å². The summed E-state index contributed by atoms with van der Waals surface area (Å²) in [6, 6.07) is 0. The van der Waals surface area contributed by atoms with Gasteiger partial charge in [0.1, 0.15) is 0 Å². The molecule has 0 N–H and O–H groups in total. The fourth-order valence-corrected chi connectivity index (χ4v) is 24.7. The van der Waals surface area contributed by atoms with Crippen molar-refractivity contribution in [3.8, 4) is 0 Å². The van der Waals surface area contributed by atoms with Gasteiger partial charge in [-0.15, -0.1) is 0 Å². The van der Waals surface area contributed by atoms with Gasteiger partial charge in [-0.25, -0.2) is 0 Å². The molecule has 0 unspecified atom stereocenters. The van der Waals surface area contributed by atoms with Crippen LogP contribution in [0.4, 0.5) is 0 Å². The molecule has 20 heavy (non-hydrogen) atoms. The van der Waals surface area contributed by atoms with E-state index in [4.69, 9.17) is 4.74 Å². The van der Waals surface area contributed by atoms with E-state index in [1.54, 1.807) is 13.3 Å². The van der Waals surface area contributed by atoms with Crippen molar-refractivity contribution in [2.75, 3.05) is 13.7 Å². The molecule has 0 aliphatic heterocycles. The first-order valence-electron chi connectivity index (χ1n) is 8.42. The van der Waals surface area contributed by atoms with Crippen molar-refractivity contribution in [2.45, 2.75) is 78.4 Å². The summed E-state index contributed by atoms with van der Waals surface area (Å²) in [7, 11) is 1.88. The molecule has 0 amide bonds. The first kappa shape index (κ1) is 21.0. The molecule has 0 spiro atoms. The van der Waals surface area contributed by atoms with Crippen LogP contribution in [0, 0.1) is 0 Å². The summed E-state index contributed by atoms with van der Waals surface area (Å²) in [6.45, 7) is 7.97. The topological polar surface area (TPSA) is 9.23 Å². The van der Waals surface area contributed by atoms with Crippen LogP contribution in [0.25, 0.3) is 0 Å². The molecule has 0 aromatic carbocycles. The van der Waals surface area contributed by atoms with Crippen molar-refractivity contribution >= 4 is 33.3 Å². The van der Waals surface area contributed by atoms with Crippen LogP contribution in [0.15, 0.2) is 8.56 Å². The van der Waals surface area contributed by atoms with E-state index < -0.39 is 18.4 Å². The summed E-state index contributed by atoms with van der Waals surface area (Å²) < 4.78 is 12.1. The number of hydrogen-bond donors (Lipinski definition) is 0. The Kier molecular flexibility index (Phi) is 14.4. The number of ether oxygens (including phenoxy) is 1. The summed E-state index contributed by atoms with van der Waals surface area (Å²) in [4.78, 5) is 2.60. The van der Waals surface area contributed by atoms with Crippen LogP contribution in [-0.2, 0) is 4.74 Å². The van der Waals surface area contributed by atoms with Crippen LogP contribution in [0.1, 0.15) is 59.3 Å². The molecule has 0 bridgehead atoms. The Balaban J connectivity index is 5.21. The Morgan fingerprint density at radius 3 is 1.70 bits per heavy atom. The van der Waals surface area contributed by atoms with E-state index in [2.05, 4.69) is 31.6 Å². The second kappa shape index (κ2) is 13.7. The maximum absolute atomic E-state index is 5.60. The molecule has 0 heterocycles. The second-order valence-corrected chi connectivity index (χ2v) is 20.8. The Hall–Kier alpha value is 1.02. The fourth-order valence-electron chi connectivity index (χ4n) is 3.01. The molecule has 0 saturated heterocycles. The number of rotatable bonds is 13. The molecule has 0 atom stereocenters. The van der Waals surface area contributed by atoms with E-state index in [0.29, 0.717) is 15.0 Å². The normalized spacial score (nSPS) is 12.9. The average Bonchev–Trinajstić information content (AvgIpc) is 2.47. The van der Waals surface area contributed by atoms with Crippen molar-refractivity contribution in [2.24, 2.45) is 0 Å². The van der Waals surface area contributed by atoms with Crippen molar-refractivity contribution in [3.05, 3.63) is 8.56 Å². The zero-order chi connectivity index (χ0) is 15.3. The van der Waals surface area contributed by atoms with Crippen LogP contribution in [-0.4, -0.2) is 47.1 Å². The van der Waals surface area contributed by atoms with Gasteiger partial charge in [-0.05, 0) is 0 Å². The average molecular weight is 454 g/mol. The van der Waals surface area contributed by atoms with Crippen LogP contribution in [0.3, 0.4) is 0 Å². The van der Waals surface area contributed by atoms with Gasteiger partial charge in [0.25, 0.3) is 0 Å². The third-order valence-electron chi connectivity index (χ3n) is 4.27. The van der Waals surface area contributed by atoms with Gasteiger partial charge in [-0.1, -0.05) is 0 Å². The second-order valence-electron chi connectivity index (χ2n) is 5.90. The quantitative estimate of drug-likeness (QED) is 0.327. The molecule has 1 nitrogen and oxygen atoms in total. The molecule has 3 heteroatoms. The summed E-state index contributed by atoms with van der Waals surface area (Å²) >= 11 is -1.50. The van der Waals surface area contributed by atoms with Gasteiger partial charge in [-0.2, -0.15) is 0 Å². The summed E-state index contributed by atoms with van der Waals surface area (Å²) in [5.41, 5.74) is 0. The van der Waals surface area contributed by atoms with Crippen LogP contribution >= 0.6 is 0 Å². The SMILES string of the molecule is CCC[CH2][Sn]([CH2]CCC)([CH2]CCC)/[C](=C/[Se]C)COC. The molecule has 0 fully saturated rings. The molecule has 0 aromatic heterocycles. The molecule has 0 radical (unpaired) electrons. The van der Waals surface area contributed by atoms with E-state index in [9.17, 15) is 0 Å².